The molecule has 1 fully saturated rings. The Hall–Kier alpha value is -0.860. The zero-order valence-corrected chi connectivity index (χ0v) is 12.0. The Morgan fingerprint density at radius 3 is 2.78 bits per heavy atom. The molecule has 1 aliphatic heterocycles. The number of hydrogen-bond donors (Lipinski definition) is 1. The summed E-state index contributed by atoms with van der Waals surface area (Å²) in [5, 5.41) is 3.49. The lowest BCUT2D eigenvalue weighted by molar-refractivity contribution is 0.0963. The third kappa shape index (κ3) is 2.93. The molecule has 0 spiro atoms. The summed E-state index contributed by atoms with van der Waals surface area (Å²) in [6.45, 7) is 7.48. The van der Waals surface area contributed by atoms with Crippen molar-refractivity contribution in [2.45, 2.75) is 45.8 Å². The number of rotatable bonds is 4. The van der Waals surface area contributed by atoms with Gasteiger partial charge >= 0.3 is 0 Å². The highest BCUT2D eigenvalue weighted by atomic mass is 16.5. The maximum absolute atomic E-state index is 5.70. The molecule has 1 aliphatic rings. The van der Waals surface area contributed by atoms with E-state index in [0.717, 1.165) is 13.0 Å². The van der Waals surface area contributed by atoms with Crippen LogP contribution in [-0.2, 0) is 11.2 Å². The van der Waals surface area contributed by atoms with Crippen LogP contribution in [0.5, 0.6) is 0 Å². The Morgan fingerprint density at radius 1 is 1.39 bits per heavy atom. The van der Waals surface area contributed by atoms with Gasteiger partial charge in [-0.05, 0) is 51.8 Å². The van der Waals surface area contributed by atoms with Crippen molar-refractivity contribution in [2.24, 2.45) is 5.92 Å². The number of nitrogens with one attached hydrogen (secondary N) is 1. The third-order valence-electron chi connectivity index (χ3n) is 4.27. The fourth-order valence-corrected chi connectivity index (χ4v) is 3.00. The largest absolute Gasteiger partial charge is 0.378 e. The summed E-state index contributed by atoms with van der Waals surface area (Å²) in [7, 11) is 2.07. The Balaban J connectivity index is 2.12. The molecule has 18 heavy (non-hydrogen) atoms. The molecule has 100 valence electrons. The lowest BCUT2D eigenvalue weighted by Crippen LogP contribution is -2.38. The second-order valence-electron chi connectivity index (χ2n) is 5.56. The molecule has 0 radical (unpaired) electrons. The van der Waals surface area contributed by atoms with Crippen molar-refractivity contribution in [3.05, 3.63) is 34.9 Å². The van der Waals surface area contributed by atoms with E-state index in [1.807, 2.05) is 0 Å². The lowest BCUT2D eigenvalue weighted by atomic mass is 9.87. The fraction of sp³-hybridized carbons (Fsp3) is 0.625. The minimum Gasteiger partial charge on any atom is -0.378 e. The predicted octanol–water partition coefficient (Wildman–Crippen LogP) is 2.86. The van der Waals surface area contributed by atoms with Crippen LogP contribution in [0, 0.1) is 19.8 Å². The highest BCUT2D eigenvalue weighted by Crippen LogP contribution is 2.26. The summed E-state index contributed by atoms with van der Waals surface area (Å²) < 4.78 is 5.70. The van der Waals surface area contributed by atoms with Crippen LogP contribution in [0.15, 0.2) is 18.2 Å². The number of ether oxygens (including phenoxy) is 1. The maximum atomic E-state index is 5.70. The van der Waals surface area contributed by atoms with E-state index in [2.05, 4.69) is 51.3 Å². The van der Waals surface area contributed by atoms with Crippen molar-refractivity contribution in [1.29, 1.82) is 0 Å². The van der Waals surface area contributed by atoms with E-state index in [-0.39, 0.29) is 0 Å². The lowest BCUT2D eigenvalue weighted by Gasteiger charge is -2.26. The van der Waals surface area contributed by atoms with E-state index in [4.69, 9.17) is 4.74 Å². The van der Waals surface area contributed by atoms with Crippen LogP contribution < -0.4 is 5.32 Å². The molecule has 2 heteroatoms. The molecule has 0 aliphatic carbocycles. The minimum atomic E-state index is 0.382. The van der Waals surface area contributed by atoms with Gasteiger partial charge in [0.05, 0.1) is 6.10 Å². The first-order valence-electron chi connectivity index (χ1n) is 6.97. The second kappa shape index (κ2) is 5.85. The van der Waals surface area contributed by atoms with E-state index < -0.39 is 0 Å². The summed E-state index contributed by atoms with van der Waals surface area (Å²) in [6.07, 6.45) is 2.66. The minimum absolute atomic E-state index is 0.382. The molecule has 1 heterocycles. The highest BCUT2D eigenvalue weighted by Gasteiger charge is 2.31. The van der Waals surface area contributed by atoms with Crippen LogP contribution in [0.4, 0.5) is 0 Å². The van der Waals surface area contributed by atoms with Gasteiger partial charge in [0.1, 0.15) is 0 Å². The first-order valence-corrected chi connectivity index (χ1v) is 6.97. The normalized spacial score (nSPS) is 25.3. The number of likely N-dealkylation sites (N-methyl/N-ethyl adjacent to an activating group) is 1. The predicted molar refractivity (Wildman–Crippen MR) is 76.0 cm³/mol. The molecule has 1 aromatic rings. The molecule has 0 bridgehead atoms. The van der Waals surface area contributed by atoms with Crippen LogP contribution in [0.2, 0.25) is 0 Å². The SMILES string of the molecule is CNC(Cc1cc(C)ccc1C)C1CCOC1C. The second-order valence-corrected chi connectivity index (χ2v) is 5.56. The first-order chi connectivity index (χ1) is 8.61. The summed E-state index contributed by atoms with van der Waals surface area (Å²) in [5.74, 6) is 0.634. The molecular weight excluding hydrogens is 222 g/mol. The van der Waals surface area contributed by atoms with Gasteiger partial charge in [-0.3, -0.25) is 0 Å². The van der Waals surface area contributed by atoms with E-state index in [1.165, 1.54) is 23.1 Å². The molecule has 3 unspecified atom stereocenters. The molecular formula is C16H25NO. The Morgan fingerprint density at radius 2 is 2.17 bits per heavy atom. The number of hydrogen-bond acceptors (Lipinski definition) is 2. The van der Waals surface area contributed by atoms with Gasteiger partial charge < -0.3 is 10.1 Å². The van der Waals surface area contributed by atoms with Crippen molar-refractivity contribution < 1.29 is 4.74 Å². The molecule has 0 amide bonds. The van der Waals surface area contributed by atoms with E-state index in [0.29, 0.717) is 18.1 Å². The Bertz CT molecular complexity index is 402. The van der Waals surface area contributed by atoms with Crippen molar-refractivity contribution >= 4 is 0 Å². The van der Waals surface area contributed by atoms with E-state index in [9.17, 15) is 0 Å². The van der Waals surface area contributed by atoms with Gasteiger partial charge in [0.2, 0.25) is 0 Å². The van der Waals surface area contributed by atoms with Gasteiger partial charge in [0.15, 0.2) is 0 Å². The van der Waals surface area contributed by atoms with Crippen LogP contribution in [-0.4, -0.2) is 25.8 Å². The maximum Gasteiger partial charge on any atom is 0.0590 e. The van der Waals surface area contributed by atoms with Gasteiger partial charge in [-0.2, -0.15) is 0 Å². The van der Waals surface area contributed by atoms with Gasteiger partial charge in [0, 0.05) is 18.6 Å². The van der Waals surface area contributed by atoms with Gasteiger partial charge in [0.25, 0.3) is 0 Å². The summed E-state index contributed by atoms with van der Waals surface area (Å²) in [5.41, 5.74) is 4.21. The first kappa shape index (κ1) is 13.6. The summed E-state index contributed by atoms with van der Waals surface area (Å²) in [6, 6.07) is 7.25. The van der Waals surface area contributed by atoms with Gasteiger partial charge in [-0.1, -0.05) is 23.8 Å². The zero-order chi connectivity index (χ0) is 13.1. The topological polar surface area (TPSA) is 21.3 Å². The van der Waals surface area contributed by atoms with Gasteiger partial charge in [-0.15, -0.1) is 0 Å². The molecule has 3 atom stereocenters. The molecule has 2 nitrogen and oxygen atoms in total. The van der Waals surface area contributed by atoms with Crippen molar-refractivity contribution in [2.75, 3.05) is 13.7 Å². The van der Waals surface area contributed by atoms with Crippen LogP contribution in [0.3, 0.4) is 0 Å². The smallest absolute Gasteiger partial charge is 0.0590 e. The quantitative estimate of drug-likeness (QED) is 0.883. The Kier molecular flexibility index (Phi) is 4.41. The molecule has 1 aromatic carbocycles. The monoisotopic (exact) mass is 247 g/mol. The van der Waals surface area contributed by atoms with Gasteiger partial charge in [-0.25, -0.2) is 0 Å². The van der Waals surface area contributed by atoms with Crippen molar-refractivity contribution in [3.63, 3.8) is 0 Å². The van der Waals surface area contributed by atoms with Crippen molar-refractivity contribution in [1.82, 2.24) is 5.32 Å². The average Bonchev–Trinajstić information content (AvgIpc) is 2.77. The highest BCUT2D eigenvalue weighted by molar-refractivity contribution is 5.31. The summed E-state index contributed by atoms with van der Waals surface area (Å²) in [4.78, 5) is 0. The molecule has 1 N–H and O–H groups in total. The molecule has 0 saturated carbocycles. The molecule has 1 saturated heterocycles. The third-order valence-corrected chi connectivity index (χ3v) is 4.27. The van der Waals surface area contributed by atoms with Crippen LogP contribution >= 0.6 is 0 Å². The zero-order valence-electron chi connectivity index (χ0n) is 12.0. The van der Waals surface area contributed by atoms with Crippen LogP contribution in [0.25, 0.3) is 0 Å². The number of benzene rings is 1. The standard InChI is InChI=1S/C16H25NO/c1-11-5-6-12(2)14(9-11)10-16(17-4)15-7-8-18-13(15)3/h5-6,9,13,15-17H,7-8,10H2,1-4H3. The van der Waals surface area contributed by atoms with Crippen molar-refractivity contribution in [3.8, 4) is 0 Å². The molecule has 2 rings (SSSR count). The van der Waals surface area contributed by atoms with Crippen LogP contribution in [0.1, 0.15) is 30.0 Å². The fourth-order valence-electron chi connectivity index (χ4n) is 3.00. The van der Waals surface area contributed by atoms with E-state index >= 15 is 0 Å². The van der Waals surface area contributed by atoms with E-state index in [1.54, 1.807) is 0 Å². The number of aryl methyl sites for hydroxylation is 2. The average molecular weight is 247 g/mol. The summed E-state index contributed by atoms with van der Waals surface area (Å²) >= 11 is 0. The Labute approximate surface area is 111 Å². The molecule has 0 aromatic heterocycles.